The molecule has 44 heavy (non-hydrogen) atoms. The van der Waals surface area contributed by atoms with Gasteiger partial charge in [0.15, 0.2) is 11.5 Å². The van der Waals surface area contributed by atoms with Gasteiger partial charge in [0.25, 0.3) is 11.8 Å². The van der Waals surface area contributed by atoms with Gasteiger partial charge in [0.2, 0.25) is 0 Å². The monoisotopic (exact) mass is 591 g/mol. The highest BCUT2D eigenvalue weighted by Crippen LogP contribution is 2.51. The van der Waals surface area contributed by atoms with E-state index < -0.39 is 0 Å². The zero-order valence-electron chi connectivity index (χ0n) is 26.5. The predicted octanol–water partition coefficient (Wildman–Crippen LogP) is 6.76. The van der Waals surface area contributed by atoms with E-state index in [4.69, 9.17) is 14.5 Å². The van der Waals surface area contributed by atoms with Gasteiger partial charge in [0, 0.05) is 35.2 Å². The summed E-state index contributed by atoms with van der Waals surface area (Å²) in [4.78, 5) is 36.0. The topological polar surface area (TPSA) is 71.4 Å². The van der Waals surface area contributed by atoms with Crippen molar-refractivity contribution in [1.29, 1.82) is 0 Å². The molecule has 4 heterocycles. The third kappa shape index (κ3) is 4.82. The molecule has 7 rings (SSSR count). The van der Waals surface area contributed by atoms with Crippen LogP contribution in [0.15, 0.2) is 53.5 Å². The Kier molecular flexibility index (Phi) is 6.92. The average Bonchev–Trinajstić information content (AvgIpc) is 3.46. The Hall–Kier alpha value is -3.97. The average molecular weight is 592 g/mol. The van der Waals surface area contributed by atoms with E-state index in [1.807, 2.05) is 31.2 Å². The molecular weight excluding hydrogens is 550 g/mol. The fourth-order valence-corrected chi connectivity index (χ4v) is 7.41. The van der Waals surface area contributed by atoms with E-state index in [-0.39, 0.29) is 23.0 Å². The Morgan fingerprint density at radius 3 is 2.27 bits per heavy atom. The maximum absolute atomic E-state index is 13.4. The standard InChI is InChI=1S/C37H41N3O4/c1-6-43-32-29(22-39-17-10-7-11-18-39)27-20-36(2,3)38-31(30(27)28-21-37(4,5)44-33(28)32)23-13-12-14-24(19-23)40-34(41)25-15-8-9-16-26(25)35(40)42/h8-9,12-16,19H,6-7,10-11,17-18,20-22H2,1-5H3. The smallest absolute Gasteiger partial charge is 0.266 e. The highest BCUT2D eigenvalue weighted by molar-refractivity contribution is 6.34. The third-order valence-corrected chi connectivity index (χ3v) is 9.25. The van der Waals surface area contributed by atoms with Gasteiger partial charge in [-0.3, -0.25) is 19.5 Å². The summed E-state index contributed by atoms with van der Waals surface area (Å²) in [6, 6.07) is 14.8. The van der Waals surface area contributed by atoms with Crippen LogP contribution in [0, 0.1) is 0 Å². The summed E-state index contributed by atoms with van der Waals surface area (Å²) >= 11 is 0. The van der Waals surface area contributed by atoms with Crippen molar-refractivity contribution in [3.05, 3.63) is 87.5 Å². The van der Waals surface area contributed by atoms with Crippen molar-refractivity contribution in [2.75, 3.05) is 24.6 Å². The van der Waals surface area contributed by atoms with Crippen molar-refractivity contribution in [3.63, 3.8) is 0 Å². The van der Waals surface area contributed by atoms with Crippen LogP contribution in [0.3, 0.4) is 0 Å². The van der Waals surface area contributed by atoms with Crippen molar-refractivity contribution in [2.24, 2.45) is 4.99 Å². The van der Waals surface area contributed by atoms with Gasteiger partial charge in [-0.15, -0.1) is 0 Å². The molecule has 0 aromatic heterocycles. The van der Waals surface area contributed by atoms with Crippen LogP contribution in [0.1, 0.15) is 102 Å². The van der Waals surface area contributed by atoms with Crippen molar-refractivity contribution in [2.45, 2.75) is 84.4 Å². The number of carbonyl (C=O) groups is 2. The van der Waals surface area contributed by atoms with Crippen LogP contribution < -0.4 is 14.4 Å². The number of carbonyl (C=O) groups excluding carboxylic acids is 2. The molecule has 0 N–H and O–H groups in total. The second kappa shape index (κ2) is 10.6. The zero-order chi connectivity index (χ0) is 30.8. The van der Waals surface area contributed by atoms with Crippen molar-refractivity contribution in [1.82, 2.24) is 4.90 Å². The molecule has 0 atom stereocenters. The van der Waals surface area contributed by atoms with Crippen LogP contribution in [-0.4, -0.2) is 53.3 Å². The zero-order valence-corrected chi connectivity index (χ0v) is 26.5. The number of ether oxygens (including phenoxy) is 2. The first-order valence-corrected chi connectivity index (χ1v) is 16.0. The summed E-state index contributed by atoms with van der Waals surface area (Å²) < 4.78 is 13.1. The lowest BCUT2D eigenvalue weighted by Crippen LogP contribution is -2.34. The van der Waals surface area contributed by atoms with Gasteiger partial charge in [-0.05, 0) is 96.8 Å². The van der Waals surface area contributed by atoms with Gasteiger partial charge in [-0.2, -0.15) is 0 Å². The second-order valence-electron chi connectivity index (χ2n) is 13.8. The van der Waals surface area contributed by atoms with Crippen LogP contribution >= 0.6 is 0 Å². The van der Waals surface area contributed by atoms with Gasteiger partial charge in [-0.1, -0.05) is 30.7 Å². The molecule has 3 aromatic carbocycles. The van der Waals surface area contributed by atoms with Crippen LogP contribution in [0.25, 0.3) is 0 Å². The first kappa shape index (κ1) is 28.8. The van der Waals surface area contributed by atoms with Crippen LogP contribution in [-0.2, 0) is 19.4 Å². The molecule has 1 saturated heterocycles. The predicted molar refractivity (Wildman–Crippen MR) is 173 cm³/mol. The van der Waals surface area contributed by atoms with Gasteiger partial charge in [0.1, 0.15) is 5.60 Å². The number of rotatable bonds is 6. The fourth-order valence-electron chi connectivity index (χ4n) is 7.41. The molecule has 228 valence electrons. The molecule has 0 unspecified atom stereocenters. The molecule has 7 nitrogen and oxygen atoms in total. The van der Waals surface area contributed by atoms with E-state index in [9.17, 15) is 9.59 Å². The Morgan fingerprint density at radius 2 is 1.59 bits per heavy atom. The number of imide groups is 1. The fraction of sp³-hybridized carbons (Fsp3) is 0.432. The molecule has 4 aliphatic rings. The van der Waals surface area contributed by atoms with Gasteiger partial charge < -0.3 is 9.47 Å². The number of fused-ring (bicyclic) bond motifs is 4. The molecule has 0 aliphatic carbocycles. The van der Waals surface area contributed by atoms with E-state index in [0.717, 1.165) is 66.4 Å². The second-order valence-corrected chi connectivity index (χ2v) is 13.8. The van der Waals surface area contributed by atoms with Gasteiger partial charge in [-0.25, -0.2) is 4.90 Å². The number of benzene rings is 3. The van der Waals surface area contributed by atoms with Crippen LogP contribution in [0.2, 0.25) is 0 Å². The van der Waals surface area contributed by atoms with Crippen molar-refractivity contribution < 1.29 is 19.1 Å². The van der Waals surface area contributed by atoms with E-state index in [2.05, 4.69) is 32.6 Å². The summed E-state index contributed by atoms with van der Waals surface area (Å²) in [5.74, 6) is 1.13. The van der Waals surface area contributed by atoms with Crippen molar-refractivity contribution in [3.8, 4) is 11.5 Å². The number of piperidine rings is 1. The highest BCUT2D eigenvalue weighted by Gasteiger charge is 2.43. The number of aliphatic imine (C=N–C) groups is 1. The largest absolute Gasteiger partial charge is 0.490 e. The van der Waals surface area contributed by atoms with Crippen molar-refractivity contribution >= 4 is 23.2 Å². The SMILES string of the molecule is CCOc1c(CN2CCCCC2)c2c(c3c1OC(C)(C)C3)C(c1cccc(N3C(=O)c4ccccc4C3=O)c1)=NC(C)(C)C2. The summed E-state index contributed by atoms with van der Waals surface area (Å²) in [7, 11) is 0. The first-order chi connectivity index (χ1) is 21.1. The molecule has 0 spiro atoms. The third-order valence-electron chi connectivity index (χ3n) is 9.25. The minimum absolute atomic E-state index is 0.296. The molecule has 3 aromatic rings. The molecule has 0 radical (unpaired) electrons. The number of hydrogen-bond acceptors (Lipinski definition) is 6. The Balaban J connectivity index is 1.40. The molecule has 7 heteroatoms. The lowest BCUT2D eigenvalue weighted by molar-refractivity contribution is 0.0926. The van der Waals surface area contributed by atoms with Crippen LogP contribution in [0.5, 0.6) is 11.5 Å². The van der Waals surface area contributed by atoms with E-state index >= 15 is 0 Å². The maximum atomic E-state index is 13.4. The summed E-state index contributed by atoms with van der Waals surface area (Å²) in [6.45, 7) is 14.2. The molecule has 4 aliphatic heterocycles. The Bertz CT molecular complexity index is 1680. The Morgan fingerprint density at radius 1 is 0.886 bits per heavy atom. The molecular formula is C37H41N3O4. The van der Waals surface area contributed by atoms with Crippen LogP contribution in [0.4, 0.5) is 5.69 Å². The highest BCUT2D eigenvalue weighted by atomic mass is 16.5. The number of hydrogen-bond donors (Lipinski definition) is 0. The molecule has 0 bridgehead atoms. The number of anilines is 1. The van der Waals surface area contributed by atoms with E-state index in [1.54, 1.807) is 24.3 Å². The van der Waals surface area contributed by atoms with Gasteiger partial charge >= 0.3 is 0 Å². The maximum Gasteiger partial charge on any atom is 0.266 e. The number of likely N-dealkylation sites (tertiary alicyclic amines) is 1. The summed E-state index contributed by atoms with van der Waals surface area (Å²) in [5, 5.41) is 0. The molecule has 1 fully saturated rings. The summed E-state index contributed by atoms with van der Waals surface area (Å²) in [6.07, 6.45) is 5.24. The normalized spacial score (nSPS) is 20.1. The quantitative estimate of drug-likeness (QED) is 0.296. The minimum Gasteiger partial charge on any atom is -0.490 e. The first-order valence-electron chi connectivity index (χ1n) is 16.0. The lowest BCUT2D eigenvalue weighted by atomic mass is 9.78. The molecule has 2 amide bonds. The molecule has 0 saturated carbocycles. The Labute approximate surface area is 259 Å². The van der Waals surface area contributed by atoms with E-state index in [1.165, 1.54) is 35.3 Å². The minimum atomic E-state index is -0.383. The summed E-state index contributed by atoms with van der Waals surface area (Å²) in [5.41, 5.74) is 7.19. The van der Waals surface area contributed by atoms with Gasteiger partial charge in [0.05, 0.1) is 34.7 Å². The lowest BCUT2D eigenvalue weighted by Gasteiger charge is -2.35. The van der Waals surface area contributed by atoms with E-state index in [0.29, 0.717) is 23.4 Å². The number of amides is 2. The number of nitrogens with zero attached hydrogens (tertiary/aromatic N) is 3.